The lowest BCUT2D eigenvalue weighted by Gasteiger charge is -2.32. The first-order valence-electron chi connectivity index (χ1n) is 6.74. The molecule has 6 nitrogen and oxygen atoms in total. The molecule has 0 aliphatic carbocycles. The van der Waals surface area contributed by atoms with E-state index in [0.717, 1.165) is 18.2 Å². The second-order valence-electron chi connectivity index (χ2n) is 5.06. The fourth-order valence-corrected chi connectivity index (χ4v) is 3.05. The van der Waals surface area contributed by atoms with E-state index in [4.69, 9.17) is 4.74 Å². The first-order valence-corrected chi connectivity index (χ1v) is 7.86. The van der Waals surface area contributed by atoms with Gasteiger partial charge in [-0.3, -0.25) is 14.9 Å². The van der Waals surface area contributed by atoms with Crippen LogP contribution in [-0.4, -0.2) is 41.3 Å². The van der Waals surface area contributed by atoms with Crippen molar-refractivity contribution in [1.82, 2.24) is 4.90 Å². The number of methoxy groups -OCH3 is 1. The lowest BCUT2D eigenvalue weighted by Crippen LogP contribution is -2.40. The van der Waals surface area contributed by atoms with Gasteiger partial charge in [-0.15, -0.1) is 0 Å². The van der Waals surface area contributed by atoms with Gasteiger partial charge in [-0.05, 0) is 30.9 Å². The van der Waals surface area contributed by atoms with Crippen molar-refractivity contribution >= 4 is 27.5 Å². The minimum atomic E-state index is -0.535. The number of ether oxygens (including phenoxy) is 1. The average Bonchev–Trinajstić information content (AvgIpc) is 2.53. The molecule has 0 aromatic heterocycles. The minimum Gasteiger partial charge on any atom is -0.490 e. The number of piperidine rings is 1. The van der Waals surface area contributed by atoms with Gasteiger partial charge in [-0.25, -0.2) is 0 Å². The molecule has 1 aromatic carbocycles. The van der Waals surface area contributed by atoms with E-state index in [1.165, 1.54) is 19.2 Å². The van der Waals surface area contributed by atoms with Crippen molar-refractivity contribution in [2.75, 3.05) is 25.5 Å². The maximum atomic E-state index is 12.5. The van der Waals surface area contributed by atoms with Crippen molar-refractivity contribution in [3.05, 3.63) is 33.9 Å². The largest absolute Gasteiger partial charge is 0.490 e. The van der Waals surface area contributed by atoms with Gasteiger partial charge in [-0.2, -0.15) is 0 Å². The van der Waals surface area contributed by atoms with Crippen molar-refractivity contribution < 1.29 is 14.5 Å². The first kappa shape index (κ1) is 15.8. The standard InChI is InChI=1S/C14H17BrN2O4/c1-21-13-5-4-11(7-12(13)17(19)20)14(18)16-6-2-3-10(8-15)9-16/h4-5,7,10H,2-3,6,8-9H2,1H3. The molecule has 0 radical (unpaired) electrons. The summed E-state index contributed by atoms with van der Waals surface area (Å²) >= 11 is 3.45. The molecule has 21 heavy (non-hydrogen) atoms. The third kappa shape index (κ3) is 3.53. The molecule has 114 valence electrons. The molecule has 1 fully saturated rings. The molecule has 0 N–H and O–H groups in total. The lowest BCUT2D eigenvalue weighted by molar-refractivity contribution is -0.385. The van der Waals surface area contributed by atoms with Crippen LogP contribution in [0, 0.1) is 16.0 Å². The van der Waals surface area contributed by atoms with E-state index in [0.29, 0.717) is 24.6 Å². The number of amides is 1. The summed E-state index contributed by atoms with van der Waals surface area (Å²) in [5.74, 6) is 0.441. The monoisotopic (exact) mass is 356 g/mol. The number of nitro benzene ring substituents is 1. The molecule has 1 amide bonds. The molecule has 1 aromatic rings. The van der Waals surface area contributed by atoms with E-state index in [1.807, 2.05) is 0 Å². The van der Waals surface area contributed by atoms with Crippen LogP contribution in [0.4, 0.5) is 5.69 Å². The van der Waals surface area contributed by atoms with Gasteiger partial charge in [0.2, 0.25) is 0 Å². The SMILES string of the molecule is COc1ccc(C(=O)N2CCCC(CBr)C2)cc1[N+](=O)[O-]. The number of carbonyl (C=O) groups excluding carboxylic acids is 1. The van der Waals surface area contributed by atoms with Gasteiger partial charge < -0.3 is 9.64 Å². The molecule has 7 heteroatoms. The summed E-state index contributed by atoms with van der Waals surface area (Å²) in [6.45, 7) is 1.38. The molecule has 0 saturated carbocycles. The molecule has 1 aliphatic heterocycles. The normalized spacial score (nSPS) is 18.4. The van der Waals surface area contributed by atoms with E-state index in [1.54, 1.807) is 11.0 Å². The second-order valence-corrected chi connectivity index (χ2v) is 5.70. The van der Waals surface area contributed by atoms with Gasteiger partial charge in [0.1, 0.15) is 0 Å². The van der Waals surface area contributed by atoms with Gasteiger partial charge in [0.05, 0.1) is 12.0 Å². The number of alkyl halides is 1. The van der Waals surface area contributed by atoms with E-state index in [2.05, 4.69) is 15.9 Å². The Balaban J connectivity index is 2.23. The summed E-state index contributed by atoms with van der Waals surface area (Å²) in [4.78, 5) is 24.7. The van der Waals surface area contributed by atoms with Crippen LogP contribution >= 0.6 is 15.9 Å². The minimum absolute atomic E-state index is 0.161. The number of halogens is 1. The summed E-state index contributed by atoms with van der Waals surface area (Å²) in [6.07, 6.45) is 2.05. The Bertz CT molecular complexity index is 550. The Morgan fingerprint density at radius 1 is 1.57 bits per heavy atom. The van der Waals surface area contributed by atoms with Crippen LogP contribution in [-0.2, 0) is 0 Å². The van der Waals surface area contributed by atoms with E-state index >= 15 is 0 Å². The summed E-state index contributed by atoms with van der Waals surface area (Å²) < 4.78 is 4.95. The number of likely N-dealkylation sites (tertiary alicyclic amines) is 1. The van der Waals surface area contributed by atoms with Crippen LogP contribution in [0.2, 0.25) is 0 Å². The number of nitro groups is 1. The molecule has 2 rings (SSSR count). The molecule has 1 heterocycles. The highest BCUT2D eigenvalue weighted by molar-refractivity contribution is 9.09. The lowest BCUT2D eigenvalue weighted by atomic mass is 9.99. The molecule has 1 atom stereocenters. The zero-order chi connectivity index (χ0) is 15.4. The number of hydrogen-bond donors (Lipinski definition) is 0. The van der Waals surface area contributed by atoms with Gasteiger partial charge in [0.25, 0.3) is 5.91 Å². The van der Waals surface area contributed by atoms with Crippen molar-refractivity contribution in [2.24, 2.45) is 5.92 Å². The van der Waals surface area contributed by atoms with E-state index < -0.39 is 4.92 Å². The molecule has 1 unspecified atom stereocenters. The Labute approximate surface area is 131 Å². The van der Waals surface area contributed by atoms with Gasteiger partial charge in [0.15, 0.2) is 5.75 Å². The van der Waals surface area contributed by atoms with Crippen LogP contribution in [0.25, 0.3) is 0 Å². The quantitative estimate of drug-likeness (QED) is 0.472. The van der Waals surface area contributed by atoms with Gasteiger partial charge in [-0.1, -0.05) is 15.9 Å². The fourth-order valence-electron chi connectivity index (χ4n) is 2.52. The fraction of sp³-hybridized carbons (Fsp3) is 0.500. The number of carbonyl (C=O) groups is 1. The van der Waals surface area contributed by atoms with Crippen molar-refractivity contribution in [3.8, 4) is 5.75 Å². The molecular weight excluding hydrogens is 340 g/mol. The van der Waals surface area contributed by atoms with E-state index in [-0.39, 0.29) is 17.3 Å². The summed E-state index contributed by atoms with van der Waals surface area (Å²) in [7, 11) is 1.37. The summed E-state index contributed by atoms with van der Waals surface area (Å²) in [6, 6.07) is 4.34. The number of rotatable bonds is 4. The molecule has 1 aliphatic rings. The maximum Gasteiger partial charge on any atom is 0.311 e. The van der Waals surface area contributed by atoms with Crippen LogP contribution in [0.3, 0.4) is 0 Å². The highest BCUT2D eigenvalue weighted by Crippen LogP contribution is 2.29. The number of benzene rings is 1. The Morgan fingerprint density at radius 3 is 2.95 bits per heavy atom. The molecule has 1 saturated heterocycles. The van der Waals surface area contributed by atoms with Crippen LogP contribution in [0.1, 0.15) is 23.2 Å². The van der Waals surface area contributed by atoms with Crippen molar-refractivity contribution in [1.29, 1.82) is 0 Å². The topological polar surface area (TPSA) is 72.7 Å². The Hall–Kier alpha value is -1.63. The number of nitrogens with zero attached hydrogens (tertiary/aromatic N) is 2. The highest BCUT2D eigenvalue weighted by Gasteiger charge is 2.26. The maximum absolute atomic E-state index is 12.5. The second kappa shape index (κ2) is 6.89. The van der Waals surface area contributed by atoms with Gasteiger partial charge >= 0.3 is 5.69 Å². The zero-order valence-corrected chi connectivity index (χ0v) is 13.3. The molecule has 0 spiro atoms. The smallest absolute Gasteiger partial charge is 0.311 e. The molecular formula is C14H17BrN2O4. The summed E-state index contributed by atoms with van der Waals surface area (Å²) in [5, 5.41) is 11.9. The average molecular weight is 357 g/mol. The van der Waals surface area contributed by atoms with Crippen molar-refractivity contribution in [2.45, 2.75) is 12.8 Å². The summed E-state index contributed by atoms with van der Waals surface area (Å²) in [5.41, 5.74) is 0.148. The predicted octanol–water partition coefficient (Wildman–Crippen LogP) is 2.85. The van der Waals surface area contributed by atoms with Crippen LogP contribution in [0.5, 0.6) is 5.75 Å². The third-order valence-corrected chi connectivity index (χ3v) is 4.56. The van der Waals surface area contributed by atoms with Gasteiger partial charge in [0, 0.05) is 30.0 Å². The van der Waals surface area contributed by atoms with Crippen LogP contribution in [0.15, 0.2) is 18.2 Å². The predicted molar refractivity (Wildman–Crippen MR) is 82.1 cm³/mol. The Kier molecular flexibility index (Phi) is 5.17. The van der Waals surface area contributed by atoms with Crippen molar-refractivity contribution in [3.63, 3.8) is 0 Å². The highest BCUT2D eigenvalue weighted by atomic mass is 79.9. The first-order chi connectivity index (χ1) is 10.1. The van der Waals surface area contributed by atoms with Crippen LogP contribution < -0.4 is 4.74 Å². The third-order valence-electron chi connectivity index (χ3n) is 3.65. The van der Waals surface area contributed by atoms with E-state index in [9.17, 15) is 14.9 Å². The number of hydrogen-bond acceptors (Lipinski definition) is 4. The molecule has 0 bridgehead atoms. The zero-order valence-electron chi connectivity index (χ0n) is 11.8. The Morgan fingerprint density at radius 2 is 2.33 bits per heavy atom.